The van der Waals surface area contributed by atoms with Gasteiger partial charge in [-0.15, -0.1) is 0 Å². The van der Waals surface area contributed by atoms with Crippen LogP contribution in [0.4, 0.5) is 0 Å². The van der Waals surface area contributed by atoms with E-state index in [0.717, 1.165) is 28.7 Å². The van der Waals surface area contributed by atoms with Gasteiger partial charge in [-0.25, -0.2) is 4.79 Å². The Hall–Kier alpha value is -2.72. The minimum absolute atomic E-state index is 0.315. The van der Waals surface area contributed by atoms with Crippen molar-refractivity contribution >= 4 is 16.9 Å². The summed E-state index contributed by atoms with van der Waals surface area (Å²) >= 11 is 0. The number of fused-ring (bicyclic) bond motifs is 1. The number of rotatable bonds is 5. The van der Waals surface area contributed by atoms with Gasteiger partial charge < -0.3 is 10.1 Å². The van der Waals surface area contributed by atoms with E-state index in [1.165, 1.54) is 7.11 Å². The van der Waals surface area contributed by atoms with Crippen LogP contribution in [0.25, 0.3) is 10.9 Å². The van der Waals surface area contributed by atoms with Crippen LogP contribution in [-0.4, -0.2) is 18.1 Å². The van der Waals surface area contributed by atoms with Crippen molar-refractivity contribution in [1.29, 1.82) is 0 Å². The molecular formula is C19H18N2O2. The summed E-state index contributed by atoms with van der Waals surface area (Å²) in [6.07, 6.45) is 0. The number of esters is 1. The van der Waals surface area contributed by atoms with Crippen molar-refractivity contribution < 1.29 is 9.53 Å². The molecule has 0 saturated heterocycles. The van der Waals surface area contributed by atoms with Gasteiger partial charge in [0.25, 0.3) is 0 Å². The molecule has 4 heteroatoms. The number of nitrogens with one attached hydrogen (secondary N) is 1. The first kappa shape index (κ1) is 15.2. The van der Waals surface area contributed by atoms with Gasteiger partial charge in [-0.2, -0.15) is 0 Å². The van der Waals surface area contributed by atoms with Crippen LogP contribution in [-0.2, 0) is 17.8 Å². The summed E-state index contributed by atoms with van der Waals surface area (Å²) in [5, 5.41) is 4.51. The fourth-order valence-electron chi connectivity index (χ4n) is 2.42. The molecule has 23 heavy (non-hydrogen) atoms. The molecule has 4 nitrogen and oxygen atoms in total. The van der Waals surface area contributed by atoms with Crippen LogP contribution >= 0.6 is 0 Å². The molecule has 1 aromatic heterocycles. The molecule has 116 valence electrons. The number of carbonyl (C=O) groups excluding carboxylic acids is 1. The molecule has 0 radical (unpaired) electrons. The quantitative estimate of drug-likeness (QED) is 0.735. The van der Waals surface area contributed by atoms with E-state index in [2.05, 4.69) is 27.2 Å². The minimum atomic E-state index is -0.315. The fourth-order valence-corrected chi connectivity index (χ4v) is 2.42. The van der Waals surface area contributed by atoms with Gasteiger partial charge in [0.15, 0.2) is 0 Å². The summed E-state index contributed by atoms with van der Waals surface area (Å²) in [4.78, 5) is 16.0. The van der Waals surface area contributed by atoms with Crippen molar-refractivity contribution in [1.82, 2.24) is 10.3 Å². The predicted octanol–water partition coefficient (Wildman–Crippen LogP) is 3.31. The number of carbonyl (C=O) groups is 1. The number of hydrogen-bond donors (Lipinski definition) is 1. The van der Waals surface area contributed by atoms with Crippen LogP contribution < -0.4 is 5.32 Å². The van der Waals surface area contributed by atoms with E-state index in [9.17, 15) is 4.79 Å². The highest BCUT2D eigenvalue weighted by Crippen LogP contribution is 2.12. The van der Waals surface area contributed by atoms with Crippen molar-refractivity contribution in [3.05, 3.63) is 77.5 Å². The Balaban J connectivity index is 1.58. The van der Waals surface area contributed by atoms with Gasteiger partial charge in [-0.3, -0.25) is 4.98 Å². The lowest BCUT2D eigenvalue weighted by Crippen LogP contribution is -2.13. The van der Waals surface area contributed by atoms with E-state index in [-0.39, 0.29) is 5.97 Å². The average Bonchev–Trinajstić information content (AvgIpc) is 2.61. The second kappa shape index (κ2) is 7.03. The van der Waals surface area contributed by atoms with Crippen molar-refractivity contribution in [2.24, 2.45) is 0 Å². The van der Waals surface area contributed by atoms with Gasteiger partial charge in [0.05, 0.1) is 23.9 Å². The van der Waals surface area contributed by atoms with E-state index in [1.54, 1.807) is 12.1 Å². The van der Waals surface area contributed by atoms with E-state index >= 15 is 0 Å². The maximum Gasteiger partial charge on any atom is 0.337 e. The molecule has 3 rings (SSSR count). The standard InChI is InChI=1S/C19H18N2O2/c1-23-19(22)16-8-6-14(7-9-16)12-20-13-17-11-10-15-4-2-3-5-18(15)21-17/h2-11,20H,12-13H2,1H3. The van der Waals surface area contributed by atoms with E-state index in [1.807, 2.05) is 36.4 Å². The fraction of sp³-hybridized carbons (Fsp3) is 0.158. The monoisotopic (exact) mass is 306 g/mol. The molecule has 0 aliphatic heterocycles. The number of nitrogens with zero attached hydrogens (tertiary/aromatic N) is 1. The summed E-state index contributed by atoms with van der Waals surface area (Å²) in [5.74, 6) is -0.315. The predicted molar refractivity (Wildman–Crippen MR) is 90.1 cm³/mol. The summed E-state index contributed by atoms with van der Waals surface area (Å²) in [6, 6.07) is 19.6. The lowest BCUT2D eigenvalue weighted by atomic mass is 10.1. The van der Waals surface area contributed by atoms with Crippen LogP contribution in [0.15, 0.2) is 60.7 Å². The highest BCUT2D eigenvalue weighted by Gasteiger charge is 2.04. The number of ether oxygens (including phenoxy) is 1. The topological polar surface area (TPSA) is 51.2 Å². The largest absolute Gasteiger partial charge is 0.465 e. The molecule has 0 aliphatic rings. The lowest BCUT2D eigenvalue weighted by molar-refractivity contribution is 0.0600. The zero-order valence-corrected chi connectivity index (χ0v) is 13.0. The van der Waals surface area contributed by atoms with Crippen molar-refractivity contribution in [2.75, 3.05) is 7.11 Å². The minimum Gasteiger partial charge on any atom is -0.465 e. The van der Waals surface area contributed by atoms with Gasteiger partial charge in [0.2, 0.25) is 0 Å². The van der Waals surface area contributed by atoms with Crippen LogP contribution in [0.3, 0.4) is 0 Å². The molecule has 0 fully saturated rings. The molecule has 1 heterocycles. The number of benzene rings is 2. The third-order valence-corrected chi connectivity index (χ3v) is 3.67. The van der Waals surface area contributed by atoms with Gasteiger partial charge in [-0.05, 0) is 29.8 Å². The normalized spacial score (nSPS) is 10.7. The van der Waals surface area contributed by atoms with Gasteiger partial charge in [0.1, 0.15) is 0 Å². The Kier molecular flexibility index (Phi) is 4.64. The number of aromatic nitrogens is 1. The van der Waals surface area contributed by atoms with Crippen LogP contribution in [0.2, 0.25) is 0 Å². The van der Waals surface area contributed by atoms with E-state index in [4.69, 9.17) is 0 Å². The smallest absolute Gasteiger partial charge is 0.337 e. The number of pyridine rings is 1. The van der Waals surface area contributed by atoms with Crippen LogP contribution in [0.1, 0.15) is 21.6 Å². The highest BCUT2D eigenvalue weighted by atomic mass is 16.5. The maximum atomic E-state index is 11.4. The second-order valence-electron chi connectivity index (χ2n) is 5.29. The molecule has 0 atom stereocenters. The Labute approximate surface area is 135 Å². The first-order valence-electron chi connectivity index (χ1n) is 7.49. The second-order valence-corrected chi connectivity index (χ2v) is 5.29. The lowest BCUT2D eigenvalue weighted by Gasteiger charge is -2.06. The third kappa shape index (κ3) is 3.73. The Morgan fingerprint density at radius 3 is 2.57 bits per heavy atom. The SMILES string of the molecule is COC(=O)c1ccc(CNCc2ccc3ccccc3n2)cc1. The van der Waals surface area contributed by atoms with E-state index < -0.39 is 0 Å². The first-order valence-corrected chi connectivity index (χ1v) is 7.49. The van der Waals surface area contributed by atoms with Gasteiger partial charge in [-0.1, -0.05) is 36.4 Å². The average molecular weight is 306 g/mol. The van der Waals surface area contributed by atoms with Gasteiger partial charge >= 0.3 is 5.97 Å². The summed E-state index contributed by atoms with van der Waals surface area (Å²) in [6.45, 7) is 1.42. The molecule has 1 N–H and O–H groups in total. The summed E-state index contributed by atoms with van der Waals surface area (Å²) < 4.78 is 4.69. The Bertz CT molecular complexity index is 813. The van der Waals surface area contributed by atoms with Crippen LogP contribution in [0, 0.1) is 0 Å². The molecule has 0 aliphatic carbocycles. The molecular weight excluding hydrogens is 288 g/mol. The number of para-hydroxylation sites is 1. The molecule has 0 unspecified atom stereocenters. The molecule has 2 aromatic carbocycles. The highest BCUT2D eigenvalue weighted by molar-refractivity contribution is 5.89. The first-order chi connectivity index (χ1) is 11.3. The summed E-state index contributed by atoms with van der Waals surface area (Å²) in [7, 11) is 1.38. The zero-order chi connectivity index (χ0) is 16.1. The molecule has 3 aromatic rings. The van der Waals surface area contributed by atoms with Crippen molar-refractivity contribution in [3.63, 3.8) is 0 Å². The van der Waals surface area contributed by atoms with Gasteiger partial charge in [0, 0.05) is 18.5 Å². The number of hydrogen-bond acceptors (Lipinski definition) is 4. The molecule has 0 saturated carbocycles. The molecule has 0 amide bonds. The van der Waals surface area contributed by atoms with Crippen molar-refractivity contribution in [3.8, 4) is 0 Å². The number of methoxy groups -OCH3 is 1. The summed E-state index contributed by atoms with van der Waals surface area (Å²) in [5.41, 5.74) is 3.69. The third-order valence-electron chi connectivity index (χ3n) is 3.67. The maximum absolute atomic E-state index is 11.4. The van der Waals surface area contributed by atoms with Crippen molar-refractivity contribution in [2.45, 2.75) is 13.1 Å². The van der Waals surface area contributed by atoms with E-state index in [0.29, 0.717) is 12.1 Å². The molecule has 0 bridgehead atoms. The zero-order valence-electron chi connectivity index (χ0n) is 13.0. The molecule has 0 spiro atoms. The Morgan fingerprint density at radius 2 is 1.78 bits per heavy atom. The Morgan fingerprint density at radius 1 is 1.00 bits per heavy atom. The van der Waals surface area contributed by atoms with Crippen LogP contribution in [0.5, 0.6) is 0 Å².